The van der Waals surface area contributed by atoms with Gasteiger partial charge in [0.1, 0.15) is 20.7 Å². The summed E-state index contributed by atoms with van der Waals surface area (Å²) in [5, 5.41) is 12.8. The van der Waals surface area contributed by atoms with Gasteiger partial charge in [-0.2, -0.15) is 0 Å². The van der Waals surface area contributed by atoms with E-state index < -0.39 is 0 Å². The van der Waals surface area contributed by atoms with E-state index in [0.717, 1.165) is 11.4 Å². The lowest BCUT2D eigenvalue weighted by Gasteiger charge is -2.32. The average Bonchev–Trinajstić information content (AvgIpc) is 3.35. The standard InChI is InChI=1S/C27H26N2O4/c1-28(2)21-12-8-18(9-13-21)23-25(30)24(26(23)31)19-10-14-22(15-11-19)29(3)16-17-33-27(32)20-6-4-5-7-20/h4-6,8-15H,7,16-17H2,1-3H3. The number of benzene rings is 1. The van der Waals surface area contributed by atoms with Crippen LogP contribution in [-0.4, -0.2) is 56.3 Å². The topological polar surface area (TPSA) is 72.7 Å². The van der Waals surface area contributed by atoms with Crippen LogP contribution in [-0.2, 0) is 14.3 Å². The molecule has 0 fully saturated rings. The maximum atomic E-state index is 12.8. The Morgan fingerprint density at radius 3 is 2.36 bits per heavy atom. The molecule has 0 spiro atoms. The average molecular weight is 443 g/mol. The Morgan fingerprint density at radius 2 is 1.79 bits per heavy atom. The number of ketones is 1. The summed E-state index contributed by atoms with van der Waals surface area (Å²) in [7, 11) is 5.77. The van der Waals surface area contributed by atoms with E-state index in [1.54, 1.807) is 18.2 Å². The van der Waals surface area contributed by atoms with Crippen molar-refractivity contribution in [2.45, 2.75) is 6.42 Å². The molecule has 0 N–H and O–H groups in total. The van der Waals surface area contributed by atoms with Gasteiger partial charge in [0.2, 0.25) is 0 Å². The summed E-state index contributed by atoms with van der Waals surface area (Å²) in [5.41, 5.74) is 4.30. The number of Topliss-reactive ketones (excluding diaryl/α,β-unsaturated/α-hetero) is 1. The minimum Gasteiger partial charge on any atom is -0.871 e. The fourth-order valence-electron chi connectivity index (χ4n) is 3.82. The molecule has 0 atom stereocenters. The first-order chi connectivity index (χ1) is 15.9. The van der Waals surface area contributed by atoms with E-state index in [0.29, 0.717) is 29.7 Å². The zero-order chi connectivity index (χ0) is 23.5. The van der Waals surface area contributed by atoms with Gasteiger partial charge in [-0.25, -0.2) is 9.37 Å². The predicted molar refractivity (Wildman–Crippen MR) is 127 cm³/mol. The third kappa shape index (κ3) is 4.51. The van der Waals surface area contributed by atoms with Gasteiger partial charge in [0.05, 0.1) is 6.54 Å². The van der Waals surface area contributed by atoms with Crippen molar-refractivity contribution in [3.05, 3.63) is 94.8 Å². The molecule has 4 rings (SSSR count). The first kappa shape index (κ1) is 22.3. The lowest BCUT2D eigenvalue weighted by molar-refractivity contribution is -0.462. The van der Waals surface area contributed by atoms with Crippen molar-refractivity contribution < 1.29 is 24.0 Å². The Morgan fingerprint density at radius 1 is 1.09 bits per heavy atom. The van der Waals surface area contributed by atoms with Crippen LogP contribution in [0.25, 0.3) is 5.57 Å². The van der Waals surface area contributed by atoms with E-state index >= 15 is 0 Å². The molecular formula is C27H26N2O4. The van der Waals surface area contributed by atoms with Crippen LogP contribution in [0, 0.1) is 0 Å². The summed E-state index contributed by atoms with van der Waals surface area (Å²) in [5.74, 6) is -0.729. The van der Waals surface area contributed by atoms with Crippen LogP contribution < -0.4 is 10.0 Å². The quantitative estimate of drug-likeness (QED) is 0.384. The van der Waals surface area contributed by atoms with E-state index in [-0.39, 0.29) is 35.3 Å². The summed E-state index contributed by atoms with van der Waals surface area (Å²) < 4.78 is 7.28. The molecule has 6 nitrogen and oxygen atoms in total. The molecule has 168 valence electrons. The molecule has 0 heterocycles. The number of likely N-dealkylation sites (N-methyl/N-ethyl adjacent to an activating group) is 1. The normalized spacial score (nSPS) is 16.9. The van der Waals surface area contributed by atoms with Crippen LogP contribution in [0.4, 0.5) is 5.69 Å². The lowest BCUT2D eigenvalue weighted by atomic mass is 9.80. The molecule has 0 unspecified atom stereocenters. The van der Waals surface area contributed by atoms with E-state index in [1.807, 2.05) is 79.2 Å². The van der Waals surface area contributed by atoms with Gasteiger partial charge in [-0.3, -0.25) is 4.79 Å². The van der Waals surface area contributed by atoms with Gasteiger partial charge in [-0.05, 0) is 41.8 Å². The van der Waals surface area contributed by atoms with E-state index in [9.17, 15) is 14.7 Å². The Kier molecular flexibility index (Phi) is 6.27. The number of hydrogen-bond acceptors (Lipinski definition) is 5. The van der Waals surface area contributed by atoms with Gasteiger partial charge in [-0.1, -0.05) is 36.1 Å². The highest BCUT2D eigenvalue weighted by Crippen LogP contribution is 2.37. The number of rotatable bonds is 6. The summed E-state index contributed by atoms with van der Waals surface area (Å²) in [6.45, 7) is 0.800. The highest BCUT2D eigenvalue weighted by Gasteiger charge is 2.30. The fraction of sp³-hybridized carbons (Fsp3) is 0.222. The molecule has 33 heavy (non-hydrogen) atoms. The molecule has 1 aromatic carbocycles. The first-order valence-electron chi connectivity index (χ1n) is 10.8. The molecular weight excluding hydrogens is 416 g/mol. The fourth-order valence-corrected chi connectivity index (χ4v) is 3.82. The summed E-state index contributed by atoms with van der Waals surface area (Å²) in [6.07, 6.45) is 13.6. The number of nitrogens with zero attached hydrogens (tertiary/aromatic N) is 2. The van der Waals surface area contributed by atoms with Gasteiger partial charge in [0.25, 0.3) is 0 Å². The largest absolute Gasteiger partial charge is 0.871 e. The Bertz CT molecular complexity index is 1200. The predicted octanol–water partition coefficient (Wildman–Crippen LogP) is 2.34. The van der Waals surface area contributed by atoms with Crippen LogP contribution >= 0.6 is 0 Å². The van der Waals surface area contributed by atoms with Crippen molar-refractivity contribution >= 4 is 28.7 Å². The van der Waals surface area contributed by atoms with Crippen molar-refractivity contribution in [2.24, 2.45) is 0 Å². The highest BCUT2D eigenvalue weighted by molar-refractivity contribution is 6.39. The summed E-state index contributed by atoms with van der Waals surface area (Å²) >= 11 is 0. The van der Waals surface area contributed by atoms with Gasteiger partial charge in [0, 0.05) is 41.6 Å². The smallest absolute Gasteiger partial charge is 0.334 e. The summed E-state index contributed by atoms with van der Waals surface area (Å²) in [6, 6.07) is 7.28. The highest BCUT2D eigenvalue weighted by atomic mass is 16.5. The zero-order valence-electron chi connectivity index (χ0n) is 19.0. The molecule has 1 aromatic rings. The molecule has 3 aliphatic carbocycles. The van der Waals surface area contributed by atoms with Crippen molar-refractivity contribution in [3.8, 4) is 0 Å². The molecule has 0 saturated heterocycles. The minimum absolute atomic E-state index is 0.221. The van der Waals surface area contributed by atoms with Crippen LogP contribution in [0.3, 0.4) is 0 Å². The van der Waals surface area contributed by atoms with Gasteiger partial charge < -0.3 is 14.7 Å². The van der Waals surface area contributed by atoms with Crippen molar-refractivity contribution in [1.29, 1.82) is 0 Å². The summed E-state index contributed by atoms with van der Waals surface area (Å²) in [4.78, 5) is 26.6. The second-order valence-corrected chi connectivity index (χ2v) is 8.28. The molecule has 0 saturated carbocycles. The first-order valence-corrected chi connectivity index (χ1v) is 10.8. The van der Waals surface area contributed by atoms with Crippen molar-refractivity contribution in [2.75, 3.05) is 39.2 Å². The molecule has 3 aliphatic rings. The number of hydrogen-bond donors (Lipinski definition) is 0. The van der Waals surface area contributed by atoms with Gasteiger partial charge in [0.15, 0.2) is 11.5 Å². The number of carbonyl (C=O) groups excluding carboxylic acids is 2. The van der Waals surface area contributed by atoms with E-state index in [4.69, 9.17) is 4.74 Å². The van der Waals surface area contributed by atoms with Gasteiger partial charge in [-0.15, -0.1) is 0 Å². The third-order valence-electron chi connectivity index (χ3n) is 5.87. The number of allylic oxidation sites excluding steroid dienone is 10. The molecule has 0 radical (unpaired) electrons. The second-order valence-electron chi connectivity index (χ2n) is 8.28. The Balaban J connectivity index is 1.40. The minimum atomic E-state index is -0.287. The zero-order valence-corrected chi connectivity index (χ0v) is 19.0. The molecule has 6 heteroatoms. The number of esters is 1. The van der Waals surface area contributed by atoms with Crippen LogP contribution in [0.2, 0.25) is 0 Å². The van der Waals surface area contributed by atoms with Crippen molar-refractivity contribution in [3.63, 3.8) is 0 Å². The Labute approximate surface area is 193 Å². The molecule has 0 aliphatic heterocycles. The monoisotopic (exact) mass is 442 g/mol. The van der Waals surface area contributed by atoms with Crippen LogP contribution in [0.1, 0.15) is 12.0 Å². The lowest BCUT2D eigenvalue weighted by Crippen LogP contribution is -2.30. The molecule has 0 bridgehead atoms. The Hall–Kier alpha value is -3.93. The number of ether oxygens (including phenoxy) is 1. The maximum Gasteiger partial charge on any atom is 0.334 e. The third-order valence-corrected chi connectivity index (χ3v) is 5.87. The van der Waals surface area contributed by atoms with Crippen molar-refractivity contribution in [1.82, 2.24) is 0 Å². The number of anilines is 1. The molecule has 0 amide bonds. The number of carbonyl (C=O) groups is 2. The SMILES string of the molecule is CN(CCOC(=O)C1=CC=CC1)c1ccc(C2=C([O-])C(=C3C=CC(=[N+](C)C)C=C3)C2=O)cc1. The van der Waals surface area contributed by atoms with E-state index in [2.05, 4.69) is 0 Å². The van der Waals surface area contributed by atoms with Crippen LogP contribution in [0.15, 0.2) is 89.3 Å². The second kappa shape index (κ2) is 9.28. The molecule has 0 aromatic heterocycles. The maximum absolute atomic E-state index is 12.8. The van der Waals surface area contributed by atoms with E-state index in [1.165, 1.54) is 0 Å². The van der Waals surface area contributed by atoms with Crippen LogP contribution in [0.5, 0.6) is 0 Å². The van der Waals surface area contributed by atoms with Gasteiger partial charge >= 0.3 is 5.97 Å².